The molecule has 0 spiro atoms. The molecule has 2 aromatic rings. The highest BCUT2D eigenvalue weighted by molar-refractivity contribution is 7.13. The number of carbonyl (C=O) groups excluding carboxylic acids is 1. The molecule has 7 nitrogen and oxygen atoms in total. The predicted octanol–water partition coefficient (Wildman–Crippen LogP) is 1.42. The van der Waals surface area contributed by atoms with Crippen LogP contribution >= 0.6 is 11.3 Å². The molecule has 1 fully saturated rings. The molecule has 23 heavy (non-hydrogen) atoms. The number of primary amides is 1. The molecule has 0 saturated carbocycles. The van der Waals surface area contributed by atoms with E-state index in [-0.39, 0.29) is 5.91 Å². The Balaban J connectivity index is 1.60. The number of anilines is 2. The second kappa shape index (κ2) is 7.47. The lowest BCUT2D eigenvalue weighted by molar-refractivity contribution is -0.119. The summed E-state index contributed by atoms with van der Waals surface area (Å²) in [4.78, 5) is 26.0. The van der Waals surface area contributed by atoms with E-state index < -0.39 is 0 Å². The van der Waals surface area contributed by atoms with E-state index in [1.807, 2.05) is 11.4 Å². The second-order valence-electron chi connectivity index (χ2n) is 5.77. The number of hydrogen-bond acceptors (Lipinski definition) is 7. The molecule has 1 atom stereocenters. The first-order valence-electron chi connectivity index (χ1n) is 7.67. The van der Waals surface area contributed by atoms with Gasteiger partial charge < -0.3 is 11.1 Å². The fourth-order valence-electron chi connectivity index (χ4n) is 2.95. The van der Waals surface area contributed by atoms with E-state index in [4.69, 9.17) is 5.73 Å². The Labute approximate surface area is 139 Å². The number of amides is 1. The maximum absolute atomic E-state index is 11.1. The minimum Gasteiger partial charge on any atom is -0.369 e. The molecular weight excluding hydrogens is 312 g/mol. The Bertz CT molecular complexity index is 647. The van der Waals surface area contributed by atoms with Crippen LogP contribution in [0, 0.1) is 5.92 Å². The van der Waals surface area contributed by atoms with Gasteiger partial charge in [-0.2, -0.15) is 0 Å². The van der Waals surface area contributed by atoms with Crippen molar-refractivity contribution in [1.29, 1.82) is 0 Å². The third-order valence-electron chi connectivity index (χ3n) is 3.87. The van der Waals surface area contributed by atoms with Gasteiger partial charge in [-0.3, -0.25) is 9.69 Å². The number of nitrogens with two attached hydrogens (primary N) is 1. The molecule has 0 aliphatic carbocycles. The predicted molar refractivity (Wildman–Crippen MR) is 89.5 cm³/mol. The van der Waals surface area contributed by atoms with Gasteiger partial charge in [-0.15, -0.1) is 11.3 Å². The van der Waals surface area contributed by atoms with E-state index >= 15 is 0 Å². The Kier molecular flexibility index (Phi) is 5.14. The van der Waals surface area contributed by atoms with Crippen LogP contribution in [0.15, 0.2) is 24.0 Å². The van der Waals surface area contributed by atoms with Gasteiger partial charge in [0.15, 0.2) is 5.13 Å². The number of piperidine rings is 1. The molecule has 0 radical (unpaired) electrons. The number of rotatable bonds is 6. The number of carbonyl (C=O) groups is 1. The molecule has 1 aliphatic rings. The van der Waals surface area contributed by atoms with Crippen molar-refractivity contribution in [2.45, 2.75) is 19.3 Å². The van der Waals surface area contributed by atoms with Crippen molar-refractivity contribution in [3.05, 3.63) is 29.7 Å². The average Bonchev–Trinajstić information content (AvgIpc) is 3.00. The fourth-order valence-corrected chi connectivity index (χ4v) is 3.49. The van der Waals surface area contributed by atoms with Crippen molar-refractivity contribution in [2.75, 3.05) is 25.0 Å². The van der Waals surface area contributed by atoms with Gasteiger partial charge in [0.05, 0.1) is 6.54 Å². The Morgan fingerprint density at radius 1 is 1.43 bits per heavy atom. The number of likely N-dealkylation sites (tertiary alicyclic amines) is 1. The van der Waals surface area contributed by atoms with Gasteiger partial charge in [0.25, 0.3) is 0 Å². The van der Waals surface area contributed by atoms with Crippen LogP contribution in [0.25, 0.3) is 0 Å². The molecular formula is C15H20N6OS. The minimum atomic E-state index is -0.261. The highest BCUT2D eigenvalue weighted by Gasteiger charge is 2.21. The molecule has 0 bridgehead atoms. The fraction of sp³-hybridized carbons (Fsp3) is 0.467. The van der Waals surface area contributed by atoms with Crippen molar-refractivity contribution < 1.29 is 4.79 Å². The second-order valence-corrected chi connectivity index (χ2v) is 6.67. The molecule has 3 rings (SSSR count). The monoisotopic (exact) mass is 332 g/mol. The standard InChI is InChI=1S/C15H20N6OS/c16-13(22)9-21-4-1-2-11(8-21)6-12-7-14(19-10-18-12)20-15-17-3-5-23-15/h3,5,7,10-11H,1-2,4,6,8-9H2,(H2,16,22)(H,17,18,19,20)/t11-/m1/s1. The van der Waals surface area contributed by atoms with E-state index in [9.17, 15) is 4.79 Å². The van der Waals surface area contributed by atoms with Crippen LogP contribution in [0.1, 0.15) is 18.5 Å². The largest absolute Gasteiger partial charge is 0.369 e. The van der Waals surface area contributed by atoms with Crippen LogP contribution in [-0.2, 0) is 11.2 Å². The van der Waals surface area contributed by atoms with Gasteiger partial charge in [-0.1, -0.05) is 0 Å². The highest BCUT2D eigenvalue weighted by atomic mass is 32.1. The Morgan fingerprint density at radius 3 is 3.13 bits per heavy atom. The SMILES string of the molecule is NC(=O)CN1CCC[C@H](Cc2cc(Nc3nccs3)ncn2)C1. The van der Waals surface area contributed by atoms with Gasteiger partial charge in [0.2, 0.25) is 5.91 Å². The Morgan fingerprint density at radius 2 is 2.35 bits per heavy atom. The summed E-state index contributed by atoms with van der Waals surface area (Å²) < 4.78 is 0. The van der Waals surface area contributed by atoms with Gasteiger partial charge in [-0.25, -0.2) is 15.0 Å². The lowest BCUT2D eigenvalue weighted by Crippen LogP contribution is -2.41. The van der Waals surface area contributed by atoms with E-state index in [2.05, 4.69) is 25.2 Å². The van der Waals surface area contributed by atoms with Crippen LogP contribution in [0.4, 0.5) is 10.9 Å². The van der Waals surface area contributed by atoms with Crippen LogP contribution < -0.4 is 11.1 Å². The summed E-state index contributed by atoms with van der Waals surface area (Å²) in [5.74, 6) is 0.989. The number of thiazole rings is 1. The molecule has 3 N–H and O–H groups in total. The van der Waals surface area contributed by atoms with Gasteiger partial charge >= 0.3 is 0 Å². The van der Waals surface area contributed by atoms with E-state index in [0.29, 0.717) is 12.5 Å². The van der Waals surface area contributed by atoms with E-state index in [1.54, 1.807) is 12.5 Å². The van der Waals surface area contributed by atoms with Crippen molar-refractivity contribution in [3.8, 4) is 0 Å². The number of nitrogens with zero attached hydrogens (tertiary/aromatic N) is 4. The number of hydrogen-bond donors (Lipinski definition) is 2. The lowest BCUT2D eigenvalue weighted by Gasteiger charge is -2.31. The summed E-state index contributed by atoms with van der Waals surface area (Å²) in [5, 5.41) is 5.92. The molecule has 1 amide bonds. The summed E-state index contributed by atoms with van der Waals surface area (Å²) >= 11 is 1.53. The first-order chi connectivity index (χ1) is 11.2. The third kappa shape index (κ3) is 4.70. The van der Waals surface area contributed by atoms with Gasteiger partial charge in [0, 0.05) is 29.9 Å². The zero-order valence-electron chi connectivity index (χ0n) is 12.8. The molecule has 1 saturated heterocycles. The molecule has 0 aromatic carbocycles. The topological polar surface area (TPSA) is 97.0 Å². The lowest BCUT2D eigenvalue weighted by atomic mass is 9.93. The van der Waals surface area contributed by atoms with Crippen molar-refractivity contribution in [3.63, 3.8) is 0 Å². The van der Waals surface area contributed by atoms with Crippen LogP contribution in [-0.4, -0.2) is 45.4 Å². The molecule has 0 unspecified atom stereocenters. The van der Waals surface area contributed by atoms with Gasteiger partial charge in [0.1, 0.15) is 12.1 Å². The molecule has 8 heteroatoms. The zero-order valence-corrected chi connectivity index (χ0v) is 13.6. The van der Waals surface area contributed by atoms with Crippen molar-refractivity contribution >= 4 is 28.2 Å². The Hall–Kier alpha value is -2.06. The first kappa shape index (κ1) is 15.8. The van der Waals surface area contributed by atoms with Crippen LogP contribution in [0.3, 0.4) is 0 Å². The molecule has 1 aliphatic heterocycles. The third-order valence-corrected chi connectivity index (χ3v) is 4.56. The molecule has 122 valence electrons. The summed E-state index contributed by atoms with van der Waals surface area (Å²) in [6, 6.07) is 1.97. The van der Waals surface area contributed by atoms with E-state index in [0.717, 1.165) is 49.0 Å². The molecule has 2 aromatic heterocycles. The van der Waals surface area contributed by atoms with Gasteiger partial charge in [-0.05, 0) is 31.7 Å². The minimum absolute atomic E-state index is 0.261. The molecule has 3 heterocycles. The van der Waals surface area contributed by atoms with Crippen LogP contribution in [0.2, 0.25) is 0 Å². The van der Waals surface area contributed by atoms with Crippen LogP contribution in [0.5, 0.6) is 0 Å². The summed E-state index contributed by atoms with van der Waals surface area (Å²) in [6.45, 7) is 2.18. The summed E-state index contributed by atoms with van der Waals surface area (Å²) in [5.41, 5.74) is 6.30. The maximum atomic E-state index is 11.1. The quantitative estimate of drug-likeness (QED) is 0.830. The average molecular weight is 332 g/mol. The number of aromatic nitrogens is 3. The zero-order chi connectivity index (χ0) is 16.1. The van der Waals surface area contributed by atoms with Crippen molar-refractivity contribution in [1.82, 2.24) is 19.9 Å². The van der Waals surface area contributed by atoms with E-state index in [1.165, 1.54) is 11.3 Å². The maximum Gasteiger partial charge on any atom is 0.231 e. The number of nitrogens with one attached hydrogen (secondary N) is 1. The van der Waals surface area contributed by atoms with Crippen molar-refractivity contribution in [2.24, 2.45) is 11.7 Å². The highest BCUT2D eigenvalue weighted by Crippen LogP contribution is 2.22. The summed E-state index contributed by atoms with van der Waals surface area (Å²) in [7, 11) is 0. The smallest absolute Gasteiger partial charge is 0.231 e. The summed E-state index contributed by atoms with van der Waals surface area (Å²) in [6.07, 6.45) is 6.45. The normalized spacial score (nSPS) is 18.7. The first-order valence-corrected chi connectivity index (χ1v) is 8.55.